The third kappa shape index (κ3) is 2.81. The van der Waals surface area contributed by atoms with Crippen molar-refractivity contribution in [3.63, 3.8) is 0 Å². The smallest absolute Gasteiger partial charge is 0.262 e. The maximum absolute atomic E-state index is 12.5. The molecule has 0 aliphatic rings. The fraction of sp³-hybridized carbons (Fsp3) is 0.214. The largest absolute Gasteiger partial charge is 0.326 e. The first-order chi connectivity index (χ1) is 9.45. The van der Waals surface area contributed by atoms with E-state index >= 15 is 0 Å². The van der Waals surface area contributed by atoms with Crippen LogP contribution in [-0.2, 0) is 16.6 Å². The van der Waals surface area contributed by atoms with Gasteiger partial charge in [-0.05, 0) is 43.2 Å². The molecule has 1 aromatic carbocycles. The van der Waals surface area contributed by atoms with E-state index in [1.165, 1.54) is 0 Å². The summed E-state index contributed by atoms with van der Waals surface area (Å²) in [6.45, 7) is 3.81. The van der Waals surface area contributed by atoms with Crippen LogP contribution in [-0.4, -0.2) is 13.4 Å². The van der Waals surface area contributed by atoms with Crippen LogP contribution in [0.15, 0.2) is 41.4 Å². The molecule has 5 nitrogen and oxygen atoms in total. The molecule has 3 N–H and O–H groups in total. The number of nitrogens with two attached hydrogens (primary N) is 1. The first-order valence-corrected chi connectivity index (χ1v) is 7.67. The predicted octanol–water partition coefficient (Wildman–Crippen LogP) is 1.96. The molecule has 106 valence electrons. The van der Waals surface area contributed by atoms with Gasteiger partial charge in [-0.25, -0.2) is 8.42 Å². The molecule has 0 radical (unpaired) electrons. The molecular formula is C14H17N3O2S. The average molecular weight is 291 g/mol. The second-order valence-electron chi connectivity index (χ2n) is 4.49. The molecule has 2 aromatic rings. The van der Waals surface area contributed by atoms with Crippen LogP contribution < -0.4 is 10.5 Å². The number of rotatable bonds is 4. The Hall–Kier alpha value is -1.92. The molecule has 20 heavy (non-hydrogen) atoms. The molecule has 0 aliphatic heterocycles. The Morgan fingerprint density at radius 3 is 2.60 bits per heavy atom. The van der Waals surface area contributed by atoms with Gasteiger partial charge < -0.3 is 5.73 Å². The Kier molecular flexibility index (Phi) is 4.06. The summed E-state index contributed by atoms with van der Waals surface area (Å²) in [7, 11) is -3.64. The molecule has 0 atom stereocenters. The van der Waals surface area contributed by atoms with Crippen LogP contribution in [0.25, 0.3) is 0 Å². The summed E-state index contributed by atoms with van der Waals surface area (Å²) in [5, 5.41) is 0. The van der Waals surface area contributed by atoms with E-state index < -0.39 is 10.0 Å². The van der Waals surface area contributed by atoms with Crippen molar-refractivity contribution in [3.05, 3.63) is 53.3 Å². The number of nitrogens with zero attached hydrogens (tertiary/aromatic N) is 1. The fourth-order valence-corrected chi connectivity index (χ4v) is 3.37. The number of anilines is 1. The van der Waals surface area contributed by atoms with Crippen molar-refractivity contribution in [3.8, 4) is 0 Å². The molecule has 0 saturated carbocycles. The molecule has 1 aromatic heterocycles. The standard InChI is InChI=1S/C14H17N3O2S/c1-10-12(9-15)5-3-7-14(10)20(18,19)17-13-6-4-8-16-11(13)2/h3-8,17H,9,15H2,1-2H3. The lowest BCUT2D eigenvalue weighted by atomic mass is 10.1. The Labute approximate surface area is 118 Å². The van der Waals surface area contributed by atoms with Crippen LogP contribution >= 0.6 is 0 Å². The van der Waals surface area contributed by atoms with Gasteiger partial charge in [0.1, 0.15) is 0 Å². The van der Waals surface area contributed by atoms with E-state index in [4.69, 9.17) is 5.73 Å². The number of aryl methyl sites for hydroxylation is 1. The molecule has 0 spiro atoms. The number of pyridine rings is 1. The zero-order valence-electron chi connectivity index (χ0n) is 11.4. The first kappa shape index (κ1) is 14.5. The minimum Gasteiger partial charge on any atom is -0.326 e. The van der Waals surface area contributed by atoms with Crippen molar-refractivity contribution in [2.75, 3.05) is 4.72 Å². The van der Waals surface area contributed by atoms with Gasteiger partial charge >= 0.3 is 0 Å². The predicted molar refractivity (Wildman–Crippen MR) is 78.9 cm³/mol. The maximum atomic E-state index is 12.5. The highest BCUT2D eigenvalue weighted by Gasteiger charge is 2.19. The minimum atomic E-state index is -3.64. The van der Waals surface area contributed by atoms with Gasteiger partial charge in [0.05, 0.1) is 16.3 Å². The fourth-order valence-electron chi connectivity index (χ4n) is 1.96. The molecule has 0 bridgehead atoms. The summed E-state index contributed by atoms with van der Waals surface area (Å²) >= 11 is 0. The van der Waals surface area contributed by atoms with Crippen molar-refractivity contribution in [2.45, 2.75) is 25.3 Å². The summed E-state index contributed by atoms with van der Waals surface area (Å²) in [6.07, 6.45) is 1.62. The Morgan fingerprint density at radius 2 is 1.95 bits per heavy atom. The van der Waals surface area contributed by atoms with Gasteiger partial charge in [-0.3, -0.25) is 9.71 Å². The number of hydrogen-bond acceptors (Lipinski definition) is 4. The lowest BCUT2D eigenvalue weighted by molar-refractivity contribution is 0.600. The van der Waals surface area contributed by atoms with Gasteiger partial charge in [0.15, 0.2) is 0 Å². The maximum Gasteiger partial charge on any atom is 0.262 e. The summed E-state index contributed by atoms with van der Waals surface area (Å²) in [5.41, 5.74) is 8.21. The lowest BCUT2D eigenvalue weighted by Crippen LogP contribution is -2.16. The highest BCUT2D eigenvalue weighted by molar-refractivity contribution is 7.92. The van der Waals surface area contributed by atoms with Crippen molar-refractivity contribution in [2.24, 2.45) is 5.73 Å². The third-order valence-corrected chi connectivity index (χ3v) is 4.67. The van der Waals surface area contributed by atoms with Crippen molar-refractivity contribution in [1.82, 2.24) is 4.98 Å². The second-order valence-corrected chi connectivity index (χ2v) is 6.14. The quantitative estimate of drug-likeness (QED) is 0.901. The van der Waals surface area contributed by atoms with E-state index in [1.54, 1.807) is 44.3 Å². The normalized spacial score (nSPS) is 11.3. The minimum absolute atomic E-state index is 0.240. The first-order valence-electron chi connectivity index (χ1n) is 6.18. The zero-order chi connectivity index (χ0) is 14.8. The number of sulfonamides is 1. The summed E-state index contributed by atoms with van der Waals surface area (Å²) in [5.74, 6) is 0. The van der Waals surface area contributed by atoms with E-state index in [1.807, 2.05) is 6.07 Å². The Balaban J connectivity index is 2.44. The lowest BCUT2D eigenvalue weighted by Gasteiger charge is -2.13. The molecule has 0 unspecified atom stereocenters. The van der Waals surface area contributed by atoms with Crippen molar-refractivity contribution >= 4 is 15.7 Å². The van der Waals surface area contributed by atoms with Crippen LogP contribution in [0.2, 0.25) is 0 Å². The molecule has 6 heteroatoms. The monoisotopic (exact) mass is 291 g/mol. The number of nitrogens with one attached hydrogen (secondary N) is 1. The summed E-state index contributed by atoms with van der Waals surface area (Å²) < 4.78 is 27.5. The van der Waals surface area contributed by atoms with Crippen LogP contribution in [0.5, 0.6) is 0 Å². The van der Waals surface area contributed by atoms with E-state index in [9.17, 15) is 8.42 Å². The third-order valence-electron chi connectivity index (χ3n) is 3.16. The zero-order valence-corrected chi connectivity index (χ0v) is 12.2. The Bertz CT molecular complexity index is 727. The van der Waals surface area contributed by atoms with Gasteiger partial charge in [0.2, 0.25) is 0 Å². The highest BCUT2D eigenvalue weighted by Crippen LogP contribution is 2.22. The van der Waals surface area contributed by atoms with E-state index in [2.05, 4.69) is 9.71 Å². The SMILES string of the molecule is Cc1ncccc1NS(=O)(=O)c1cccc(CN)c1C. The van der Waals surface area contributed by atoms with Gasteiger partial charge in [0.25, 0.3) is 10.0 Å². The van der Waals surface area contributed by atoms with Crippen molar-refractivity contribution in [1.29, 1.82) is 0 Å². The van der Waals surface area contributed by atoms with Crippen LogP contribution in [0, 0.1) is 13.8 Å². The summed E-state index contributed by atoms with van der Waals surface area (Å²) in [6, 6.07) is 8.46. The van der Waals surface area contributed by atoms with Crippen LogP contribution in [0.4, 0.5) is 5.69 Å². The van der Waals surface area contributed by atoms with E-state index in [0.717, 1.165) is 5.56 Å². The van der Waals surface area contributed by atoms with Crippen molar-refractivity contribution < 1.29 is 8.42 Å². The van der Waals surface area contributed by atoms with Gasteiger partial charge in [-0.15, -0.1) is 0 Å². The topological polar surface area (TPSA) is 85.1 Å². The molecule has 0 amide bonds. The second kappa shape index (κ2) is 5.60. The Morgan fingerprint density at radius 1 is 1.20 bits per heavy atom. The van der Waals surface area contributed by atoms with E-state index in [0.29, 0.717) is 23.5 Å². The molecular weight excluding hydrogens is 274 g/mol. The molecule has 0 fully saturated rings. The van der Waals surface area contributed by atoms with Gasteiger partial charge in [-0.1, -0.05) is 12.1 Å². The highest BCUT2D eigenvalue weighted by atomic mass is 32.2. The number of benzene rings is 1. The van der Waals surface area contributed by atoms with E-state index in [-0.39, 0.29) is 4.90 Å². The molecule has 0 aliphatic carbocycles. The van der Waals surface area contributed by atoms with Gasteiger partial charge in [0, 0.05) is 12.7 Å². The molecule has 0 saturated heterocycles. The summed E-state index contributed by atoms with van der Waals surface area (Å²) in [4.78, 5) is 4.31. The average Bonchev–Trinajstić information content (AvgIpc) is 2.41. The number of hydrogen-bond donors (Lipinski definition) is 2. The molecule has 2 rings (SSSR count). The van der Waals surface area contributed by atoms with Crippen LogP contribution in [0.3, 0.4) is 0 Å². The number of aromatic nitrogens is 1. The van der Waals surface area contributed by atoms with Crippen LogP contribution in [0.1, 0.15) is 16.8 Å². The van der Waals surface area contributed by atoms with Gasteiger partial charge in [-0.2, -0.15) is 0 Å². The molecule has 1 heterocycles.